The zero-order valence-electron chi connectivity index (χ0n) is 17.0. The molecule has 0 saturated carbocycles. The summed E-state index contributed by atoms with van der Waals surface area (Å²) in [6.07, 6.45) is 2.51. The van der Waals surface area contributed by atoms with E-state index in [1.54, 1.807) is 0 Å². The highest BCUT2D eigenvalue weighted by atomic mass is 35.5. The summed E-state index contributed by atoms with van der Waals surface area (Å²) in [5, 5.41) is 12.3. The summed E-state index contributed by atoms with van der Waals surface area (Å²) in [5.41, 5.74) is -3.37. The maximum Gasteiger partial charge on any atom is 0.446 e. The molecule has 1 aliphatic rings. The molecule has 1 heterocycles. The summed E-state index contributed by atoms with van der Waals surface area (Å²) in [7, 11) is 0.415. The Morgan fingerprint density at radius 2 is 2.10 bits per heavy atom. The Hall–Kier alpha value is -2.09. The Morgan fingerprint density at radius 3 is 2.61 bits per heavy atom. The highest BCUT2D eigenvalue weighted by molar-refractivity contribution is 8.00. The van der Waals surface area contributed by atoms with Crippen molar-refractivity contribution in [3.8, 4) is 6.07 Å². The summed E-state index contributed by atoms with van der Waals surface area (Å²) >= 11 is 6.17. The van der Waals surface area contributed by atoms with Crippen molar-refractivity contribution >= 4 is 36.8 Å². The van der Waals surface area contributed by atoms with Gasteiger partial charge in [0.1, 0.15) is 12.4 Å². The lowest BCUT2D eigenvalue weighted by molar-refractivity contribution is -0.0328. The van der Waals surface area contributed by atoms with Crippen molar-refractivity contribution in [2.45, 2.75) is 36.7 Å². The highest BCUT2D eigenvalue weighted by Gasteiger charge is 2.29. The van der Waals surface area contributed by atoms with Gasteiger partial charge in [0.2, 0.25) is 0 Å². The first-order valence-electron chi connectivity index (χ1n) is 9.45. The fourth-order valence-electron chi connectivity index (χ4n) is 2.63. The normalized spacial score (nSPS) is 17.0. The van der Waals surface area contributed by atoms with Gasteiger partial charge in [0.15, 0.2) is 6.04 Å². The molecule has 1 fully saturated rings. The van der Waals surface area contributed by atoms with E-state index >= 15 is 0 Å². The number of nitrogens with one attached hydrogen (secondary N) is 1. The first-order chi connectivity index (χ1) is 14.6. The summed E-state index contributed by atoms with van der Waals surface area (Å²) in [4.78, 5) is 12.3. The van der Waals surface area contributed by atoms with Crippen molar-refractivity contribution in [2.75, 3.05) is 13.2 Å². The van der Waals surface area contributed by atoms with Gasteiger partial charge in [-0.25, -0.2) is 0 Å². The molecule has 1 aromatic carbocycles. The molecule has 1 unspecified atom stereocenters. The van der Waals surface area contributed by atoms with E-state index in [-0.39, 0.29) is 34.7 Å². The molecule has 0 aromatic heterocycles. The number of rotatable bonds is 8. The van der Waals surface area contributed by atoms with E-state index in [0.717, 1.165) is 5.47 Å². The summed E-state index contributed by atoms with van der Waals surface area (Å²) in [5.74, 6) is -0.0446. The van der Waals surface area contributed by atoms with E-state index in [9.17, 15) is 23.2 Å². The summed E-state index contributed by atoms with van der Waals surface area (Å²) in [6, 6.07) is 5.89. The van der Waals surface area contributed by atoms with Crippen LogP contribution in [0, 0.1) is 17.2 Å². The summed E-state index contributed by atoms with van der Waals surface area (Å²) < 4.78 is 48.3. The molecule has 0 spiro atoms. The lowest BCUT2D eigenvalue weighted by atomic mass is 9.87. The number of halogens is 4. The van der Waals surface area contributed by atoms with E-state index in [4.69, 9.17) is 21.0 Å². The van der Waals surface area contributed by atoms with Crippen LogP contribution in [0.4, 0.5) is 13.2 Å². The molecule has 0 aliphatic carbocycles. The van der Waals surface area contributed by atoms with Crippen LogP contribution in [0.25, 0.3) is 0 Å². The lowest BCUT2D eigenvalue weighted by Crippen LogP contribution is -2.37. The molecule has 2 rings (SSSR count). The smallest absolute Gasteiger partial charge is 0.446 e. The third kappa shape index (κ3) is 8.52. The zero-order valence-corrected chi connectivity index (χ0v) is 18.5. The topological polar surface area (TPSA) is 71.3 Å². The minimum atomic E-state index is -4.41. The molecule has 1 amide bonds. The molecule has 1 N–H and O–H groups in total. The van der Waals surface area contributed by atoms with Crippen LogP contribution >= 0.6 is 23.4 Å². The van der Waals surface area contributed by atoms with Gasteiger partial charge in [0.05, 0.1) is 11.1 Å². The van der Waals surface area contributed by atoms with Crippen LogP contribution in [0.2, 0.25) is 0 Å². The van der Waals surface area contributed by atoms with Crippen molar-refractivity contribution in [1.82, 2.24) is 5.32 Å². The van der Waals surface area contributed by atoms with Crippen LogP contribution in [0.15, 0.2) is 51.5 Å². The van der Waals surface area contributed by atoms with Gasteiger partial charge in [0, 0.05) is 17.1 Å². The first-order valence-corrected chi connectivity index (χ1v) is 10.6. The number of allylic oxidation sites excluding steroid dienone is 2. The molecule has 31 heavy (non-hydrogen) atoms. The molecule has 1 atom stereocenters. The Morgan fingerprint density at radius 1 is 1.42 bits per heavy atom. The van der Waals surface area contributed by atoms with Gasteiger partial charge in [-0.1, -0.05) is 30.9 Å². The number of nitrogens with zero attached hydrogens (tertiary/aromatic N) is 1. The number of alkyl halides is 3. The van der Waals surface area contributed by atoms with E-state index in [0.29, 0.717) is 31.3 Å². The molecule has 166 valence electrons. The largest absolute Gasteiger partial charge is 0.489 e. The molecule has 5 nitrogen and oxygen atoms in total. The fourth-order valence-corrected chi connectivity index (χ4v) is 3.44. The predicted octanol–water partition coefficient (Wildman–Crippen LogP) is 4.70. The van der Waals surface area contributed by atoms with Gasteiger partial charge in [-0.15, -0.1) is 0 Å². The average Bonchev–Trinajstić information content (AvgIpc) is 3.23. The van der Waals surface area contributed by atoms with Crippen LogP contribution in [0.3, 0.4) is 0 Å². The number of ether oxygens (including phenoxy) is 1. The second-order valence-corrected chi connectivity index (χ2v) is 8.55. The van der Waals surface area contributed by atoms with Gasteiger partial charge >= 0.3 is 13.0 Å². The molecule has 0 radical (unpaired) electrons. The summed E-state index contributed by atoms with van der Waals surface area (Å²) in [6.45, 7) is 4.34. The van der Waals surface area contributed by atoms with Crippen LogP contribution in [-0.2, 0) is 9.39 Å². The third-order valence-corrected chi connectivity index (χ3v) is 5.25. The van der Waals surface area contributed by atoms with E-state index in [1.165, 1.54) is 24.3 Å². The predicted molar refractivity (Wildman–Crippen MR) is 115 cm³/mol. The fraction of sp³-hybridized carbons (Fsp3) is 0.400. The van der Waals surface area contributed by atoms with E-state index < -0.39 is 17.5 Å². The molecule has 1 saturated heterocycles. The third-order valence-electron chi connectivity index (χ3n) is 4.05. The van der Waals surface area contributed by atoms with Crippen LogP contribution < -0.4 is 5.32 Å². The van der Waals surface area contributed by atoms with Crippen molar-refractivity contribution in [3.63, 3.8) is 0 Å². The van der Waals surface area contributed by atoms with Crippen LogP contribution in [0.5, 0.6) is 0 Å². The number of amides is 1. The van der Waals surface area contributed by atoms with Gasteiger partial charge < -0.3 is 14.7 Å². The van der Waals surface area contributed by atoms with E-state index in [1.807, 2.05) is 26.0 Å². The molecular formula is C20H21BClF3N2O3S. The molecule has 0 bridgehead atoms. The molecule has 1 aliphatic heterocycles. The van der Waals surface area contributed by atoms with Crippen molar-refractivity contribution in [1.29, 1.82) is 5.26 Å². The molecule has 11 heteroatoms. The quantitative estimate of drug-likeness (QED) is 0.337. The Labute approximate surface area is 188 Å². The number of nitriles is 1. The standard InChI is InChI=1S/C20H21BClF3N2O3S/c1-12(2)9-17(18(22)16-7-8-30-21-16)29-11-14(10-26)27-19(28)13-3-5-15(6-4-13)31-20(23,24)25/h3-6,9,12,14,21H,7-8,11H2,1-2H3,(H,27,28)/b17-9+,18-16-. The minimum absolute atomic E-state index is 0.0359. The minimum Gasteiger partial charge on any atom is -0.489 e. The van der Waals surface area contributed by atoms with Gasteiger partial charge in [-0.2, -0.15) is 18.4 Å². The Kier molecular flexibility index (Phi) is 9.35. The number of carbonyl (C=O) groups is 1. The highest BCUT2D eigenvalue weighted by Crippen LogP contribution is 2.36. The van der Waals surface area contributed by atoms with Crippen molar-refractivity contribution < 1.29 is 27.4 Å². The van der Waals surface area contributed by atoms with Gasteiger partial charge in [-0.3, -0.25) is 4.79 Å². The molecule has 1 aromatic rings. The van der Waals surface area contributed by atoms with Crippen LogP contribution in [-0.4, -0.2) is 38.2 Å². The number of carbonyl (C=O) groups excluding carboxylic acids is 1. The first kappa shape index (κ1) is 25.2. The Bertz CT molecular complexity index is 875. The Balaban J connectivity index is 2.01. The lowest BCUT2D eigenvalue weighted by Gasteiger charge is -2.17. The monoisotopic (exact) mass is 472 g/mol. The second kappa shape index (κ2) is 11.5. The van der Waals surface area contributed by atoms with Gasteiger partial charge in [-0.05, 0) is 54.4 Å². The number of hydrogen-bond donors (Lipinski definition) is 1. The maximum atomic E-state index is 12.4. The average molecular weight is 473 g/mol. The number of benzene rings is 1. The molecular weight excluding hydrogens is 452 g/mol. The maximum absolute atomic E-state index is 12.4. The second-order valence-electron chi connectivity index (χ2n) is 7.03. The van der Waals surface area contributed by atoms with E-state index in [2.05, 4.69) is 5.32 Å². The number of hydrogen-bond acceptors (Lipinski definition) is 5. The van der Waals surface area contributed by atoms with Crippen molar-refractivity contribution in [3.05, 3.63) is 52.2 Å². The SMILES string of the molecule is CC(C)/C=C(OCC(C#N)NC(=O)c1ccc(SC(F)(F)F)cc1)\C(Cl)=C1\BOCC1. The van der Waals surface area contributed by atoms with Crippen molar-refractivity contribution in [2.24, 2.45) is 5.92 Å². The van der Waals surface area contributed by atoms with Gasteiger partial charge in [0.25, 0.3) is 5.91 Å². The zero-order chi connectivity index (χ0) is 23.0. The number of thioether (sulfide) groups is 1. The van der Waals surface area contributed by atoms with Crippen LogP contribution in [0.1, 0.15) is 30.6 Å².